The molecule has 1 aliphatic rings. The summed E-state index contributed by atoms with van der Waals surface area (Å²) in [6.07, 6.45) is 0. The van der Waals surface area contributed by atoms with E-state index in [4.69, 9.17) is 15.3 Å². The number of ether oxygens (including phenoxy) is 1. The van der Waals surface area contributed by atoms with Crippen LogP contribution in [0.5, 0.6) is 0 Å². The number of nitrogens with zero attached hydrogens (tertiary/aromatic N) is 3. The summed E-state index contributed by atoms with van der Waals surface area (Å²) in [6, 6.07) is 0. The van der Waals surface area contributed by atoms with Gasteiger partial charge in [-0.1, -0.05) is 0 Å². The molecule has 1 heterocycles. The van der Waals surface area contributed by atoms with E-state index in [9.17, 15) is 0 Å². The Morgan fingerprint density at radius 3 is 2.40 bits per heavy atom. The van der Waals surface area contributed by atoms with Crippen molar-refractivity contribution in [1.82, 2.24) is 4.90 Å². The Bertz CT molecular complexity index is 266. The summed E-state index contributed by atoms with van der Waals surface area (Å²) in [6.45, 7) is 2.19. The van der Waals surface area contributed by atoms with Crippen LogP contribution in [-0.2, 0) is 4.74 Å². The average Bonchev–Trinajstić information content (AvgIpc) is 2.27. The summed E-state index contributed by atoms with van der Waals surface area (Å²) in [4.78, 5) is 2.20. The highest BCUT2D eigenvalue weighted by molar-refractivity contribution is 8.04. The number of nitriles is 2. The zero-order valence-electron chi connectivity index (χ0n) is 8.60. The van der Waals surface area contributed by atoms with Gasteiger partial charge in [-0.05, 0) is 30.6 Å². The lowest BCUT2D eigenvalue weighted by atomic mass is 10.0. The van der Waals surface area contributed by atoms with Gasteiger partial charge < -0.3 is 4.74 Å². The second-order valence-corrected chi connectivity index (χ2v) is 4.98. The van der Waals surface area contributed by atoms with Gasteiger partial charge in [0, 0.05) is 18.1 Å². The first-order chi connectivity index (χ1) is 7.25. The number of rotatable bonds is 4. The monoisotopic (exact) mass is 243 g/mol. The standard InChI is InChI=1S/C9H13N3OS2/c1-12-2-3-13-4-9(12,5-14-7-10)6-15-8-11/h2-6H2,1H3. The topological polar surface area (TPSA) is 60.0 Å². The number of hydrogen-bond acceptors (Lipinski definition) is 6. The fourth-order valence-electron chi connectivity index (χ4n) is 1.49. The van der Waals surface area contributed by atoms with Gasteiger partial charge in [0.1, 0.15) is 10.8 Å². The lowest BCUT2D eigenvalue weighted by molar-refractivity contribution is -0.0321. The first-order valence-electron chi connectivity index (χ1n) is 4.56. The van der Waals surface area contributed by atoms with Crippen LogP contribution in [-0.4, -0.2) is 48.8 Å². The number of likely N-dealkylation sites (N-methyl/N-ethyl adjacent to an activating group) is 1. The van der Waals surface area contributed by atoms with Crippen molar-refractivity contribution in [3.63, 3.8) is 0 Å². The summed E-state index contributed by atoms with van der Waals surface area (Å²) in [5.41, 5.74) is -0.168. The van der Waals surface area contributed by atoms with Gasteiger partial charge in [0.15, 0.2) is 0 Å². The van der Waals surface area contributed by atoms with E-state index in [0.717, 1.165) is 13.2 Å². The molecule has 1 fully saturated rings. The van der Waals surface area contributed by atoms with E-state index >= 15 is 0 Å². The maximum atomic E-state index is 8.60. The molecule has 0 radical (unpaired) electrons. The highest BCUT2D eigenvalue weighted by atomic mass is 32.2. The van der Waals surface area contributed by atoms with Crippen LogP contribution in [0.1, 0.15) is 0 Å². The lowest BCUT2D eigenvalue weighted by Crippen LogP contribution is -2.58. The van der Waals surface area contributed by atoms with Crippen molar-refractivity contribution in [2.45, 2.75) is 5.54 Å². The lowest BCUT2D eigenvalue weighted by Gasteiger charge is -2.43. The molecule has 0 aromatic heterocycles. The minimum atomic E-state index is -0.168. The second-order valence-electron chi connectivity index (χ2n) is 3.46. The summed E-state index contributed by atoms with van der Waals surface area (Å²) < 4.78 is 5.46. The maximum absolute atomic E-state index is 8.60. The van der Waals surface area contributed by atoms with Crippen molar-refractivity contribution in [2.24, 2.45) is 0 Å². The van der Waals surface area contributed by atoms with Crippen LogP contribution in [0.15, 0.2) is 0 Å². The van der Waals surface area contributed by atoms with E-state index < -0.39 is 0 Å². The molecule has 4 nitrogen and oxygen atoms in total. The molecule has 1 saturated heterocycles. The van der Waals surface area contributed by atoms with Crippen LogP contribution in [0.4, 0.5) is 0 Å². The molecule has 82 valence electrons. The number of hydrogen-bond donors (Lipinski definition) is 0. The predicted octanol–water partition coefficient (Wildman–Crippen LogP) is 1.12. The van der Waals surface area contributed by atoms with Crippen LogP contribution >= 0.6 is 23.5 Å². The number of thiocyanates is 2. The third-order valence-electron chi connectivity index (χ3n) is 2.56. The Kier molecular flexibility index (Phi) is 5.27. The first kappa shape index (κ1) is 12.7. The van der Waals surface area contributed by atoms with Crippen LogP contribution < -0.4 is 0 Å². The zero-order chi connectivity index (χ0) is 11.1. The van der Waals surface area contributed by atoms with Gasteiger partial charge in [-0.25, -0.2) is 0 Å². The van der Waals surface area contributed by atoms with E-state index in [2.05, 4.69) is 15.7 Å². The zero-order valence-corrected chi connectivity index (χ0v) is 10.2. The Hall–Kier alpha value is -0.400. The fourth-order valence-corrected chi connectivity index (χ4v) is 3.10. The molecule has 0 aromatic carbocycles. The Morgan fingerprint density at radius 2 is 1.93 bits per heavy atom. The molecule has 0 amide bonds. The predicted molar refractivity (Wildman–Crippen MR) is 62.3 cm³/mol. The molecule has 0 saturated carbocycles. The van der Waals surface area contributed by atoms with Gasteiger partial charge in [-0.15, -0.1) is 0 Å². The SMILES string of the molecule is CN1CCOCC1(CSC#N)CSC#N. The molecule has 6 heteroatoms. The molecule has 0 aromatic rings. The van der Waals surface area contributed by atoms with Crippen molar-refractivity contribution in [3.8, 4) is 10.8 Å². The van der Waals surface area contributed by atoms with Crippen molar-refractivity contribution >= 4 is 23.5 Å². The molecule has 0 atom stereocenters. The molecule has 0 bridgehead atoms. The van der Waals surface area contributed by atoms with E-state index in [1.165, 1.54) is 23.5 Å². The Labute approximate surface area is 98.6 Å². The van der Waals surface area contributed by atoms with Gasteiger partial charge in [0.05, 0.1) is 18.8 Å². The van der Waals surface area contributed by atoms with Crippen LogP contribution in [0.3, 0.4) is 0 Å². The molecular weight excluding hydrogens is 230 g/mol. The number of morpholine rings is 1. The second kappa shape index (κ2) is 6.24. The molecule has 1 rings (SSSR count). The summed E-state index contributed by atoms with van der Waals surface area (Å²) in [5, 5.41) is 21.4. The van der Waals surface area contributed by atoms with E-state index in [0.29, 0.717) is 18.1 Å². The van der Waals surface area contributed by atoms with Crippen LogP contribution in [0.25, 0.3) is 0 Å². The van der Waals surface area contributed by atoms with Crippen molar-refractivity contribution in [1.29, 1.82) is 10.5 Å². The summed E-state index contributed by atoms with van der Waals surface area (Å²) in [5.74, 6) is 1.38. The van der Waals surface area contributed by atoms with Crippen LogP contribution in [0, 0.1) is 21.3 Å². The highest BCUT2D eigenvalue weighted by Crippen LogP contribution is 2.27. The summed E-state index contributed by atoms with van der Waals surface area (Å²) >= 11 is 2.46. The van der Waals surface area contributed by atoms with Gasteiger partial charge in [0.2, 0.25) is 0 Å². The van der Waals surface area contributed by atoms with E-state index in [1.807, 2.05) is 7.05 Å². The molecular formula is C9H13N3OS2. The first-order valence-corrected chi connectivity index (χ1v) is 6.53. The fraction of sp³-hybridized carbons (Fsp3) is 0.778. The molecule has 1 aliphatic heterocycles. The van der Waals surface area contributed by atoms with Gasteiger partial charge in [0.25, 0.3) is 0 Å². The smallest absolute Gasteiger partial charge is 0.133 e. The third-order valence-corrected chi connectivity index (χ3v) is 4.18. The van der Waals surface area contributed by atoms with Crippen LogP contribution in [0.2, 0.25) is 0 Å². The normalized spacial score (nSPS) is 20.5. The average molecular weight is 243 g/mol. The number of thioether (sulfide) groups is 2. The largest absolute Gasteiger partial charge is 0.378 e. The van der Waals surface area contributed by atoms with Crippen molar-refractivity contribution in [2.75, 3.05) is 38.3 Å². The summed E-state index contributed by atoms with van der Waals surface area (Å²) in [7, 11) is 2.03. The van der Waals surface area contributed by atoms with E-state index in [-0.39, 0.29) is 5.54 Å². The third kappa shape index (κ3) is 3.29. The minimum absolute atomic E-state index is 0.168. The highest BCUT2D eigenvalue weighted by Gasteiger charge is 2.37. The minimum Gasteiger partial charge on any atom is -0.378 e. The maximum Gasteiger partial charge on any atom is 0.133 e. The molecule has 0 aliphatic carbocycles. The van der Waals surface area contributed by atoms with Gasteiger partial charge in [-0.2, -0.15) is 10.5 Å². The molecule has 15 heavy (non-hydrogen) atoms. The van der Waals surface area contributed by atoms with Gasteiger partial charge >= 0.3 is 0 Å². The Balaban J connectivity index is 2.65. The van der Waals surface area contributed by atoms with Crippen molar-refractivity contribution in [3.05, 3.63) is 0 Å². The van der Waals surface area contributed by atoms with Gasteiger partial charge in [-0.3, -0.25) is 4.90 Å². The molecule has 0 N–H and O–H groups in total. The molecule has 0 unspecified atom stereocenters. The Morgan fingerprint density at radius 1 is 1.33 bits per heavy atom. The van der Waals surface area contributed by atoms with Crippen molar-refractivity contribution < 1.29 is 4.74 Å². The van der Waals surface area contributed by atoms with E-state index in [1.54, 1.807) is 0 Å². The molecule has 0 spiro atoms. The quantitative estimate of drug-likeness (QED) is 0.689.